The molecular formula is C20H24N6O2S. The summed E-state index contributed by atoms with van der Waals surface area (Å²) in [7, 11) is -3.57. The molecule has 9 heteroatoms. The van der Waals surface area contributed by atoms with E-state index in [1.54, 1.807) is 37.5 Å². The second-order valence-electron chi connectivity index (χ2n) is 6.70. The van der Waals surface area contributed by atoms with Gasteiger partial charge in [-0.15, -0.1) is 10.2 Å². The van der Waals surface area contributed by atoms with Crippen molar-refractivity contribution in [2.75, 3.05) is 23.7 Å². The molecule has 1 aromatic carbocycles. The fraction of sp³-hybridized carbons (Fsp3) is 0.250. The van der Waals surface area contributed by atoms with E-state index in [1.165, 1.54) is 0 Å². The molecular weight excluding hydrogens is 388 g/mol. The number of hydrogen-bond donors (Lipinski definition) is 3. The van der Waals surface area contributed by atoms with Crippen LogP contribution in [0.25, 0.3) is 0 Å². The van der Waals surface area contributed by atoms with Crippen LogP contribution in [-0.4, -0.2) is 36.7 Å². The first-order valence-electron chi connectivity index (χ1n) is 9.17. The van der Waals surface area contributed by atoms with Crippen molar-refractivity contribution in [3.8, 4) is 0 Å². The highest BCUT2D eigenvalue weighted by atomic mass is 32.2. The molecule has 0 atom stereocenters. The molecule has 2 aromatic heterocycles. The van der Waals surface area contributed by atoms with Gasteiger partial charge in [0.05, 0.1) is 16.8 Å². The third-order valence-electron chi connectivity index (χ3n) is 4.40. The van der Waals surface area contributed by atoms with E-state index >= 15 is 0 Å². The summed E-state index contributed by atoms with van der Waals surface area (Å²) in [6, 6.07) is 10.9. The first-order chi connectivity index (χ1) is 13.8. The molecule has 3 rings (SSSR count). The molecule has 0 unspecified atom stereocenters. The third-order valence-corrected chi connectivity index (χ3v) is 6.01. The summed E-state index contributed by atoms with van der Waals surface area (Å²) >= 11 is 0. The van der Waals surface area contributed by atoms with Crippen molar-refractivity contribution in [2.45, 2.75) is 25.7 Å². The highest BCUT2D eigenvalue weighted by Crippen LogP contribution is 2.19. The number of aromatic nitrogens is 3. The third kappa shape index (κ3) is 5.49. The van der Waals surface area contributed by atoms with Gasteiger partial charge in [-0.2, -0.15) is 0 Å². The van der Waals surface area contributed by atoms with Crippen molar-refractivity contribution < 1.29 is 8.42 Å². The van der Waals surface area contributed by atoms with E-state index in [0.717, 1.165) is 22.4 Å². The van der Waals surface area contributed by atoms with E-state index in [9.17, 15) is 8.42 Å². The van der Waals surface area contributed by atoms with E-state index in [4.69, 9.17) is 0 Å². The van der Waals surface area contributed by atoms with Gasteiger partial charge in [-0.05, 0) is 67.8 Å². The van der Waals surface area contributed by atoms with Gasteiger partial charge >= 0.3 is 0 Å². The number of hydrogen-bond acceptors (Lipinski definition) is 7. The summed E-state index contributed by atoms with van der Waals surface area (Å²) in [6.45, 7) is 6.28. The molecule has 0 amide bonds. The number of anilines is 3. The van der Waals surface area contributed by atoms with E-state index in [-0.39, 0.29) is 6.54 Å². The minimum absolute atomic E-state index is 0.228. The lowest BCUT2D eigenvalue weighted by Gasteiger charge is -2.12. The van der Waals surface area contributed by atoms with Crippen LogP contribution >= 0.6 is 0 Å². The Morgan fingerprint density at radius 2 is 1.62 bits per heavy atom. The maximum atomic E-state index is 12.6. The lowest BCUT2D eigenvalue weighted by molar-refractivity contribution is 0.582. The maximum absolute atomic E-state index is 12.6. The molecule has 0 bridgehead atoms. The van der Waals surface area contributed by atoms with Crippen LogP contribution in [0.15, 0.2) is 53.7 Å². The molecule has 0 aliphatic heterocycles. The van der Waals surface area contributed by atoms with Gasteiger partial charge in [0, 0.05) is 19.3 Å². The molecule has 29 heavy (non-hydrogen) atoms. The summed E-state index contributed by atoms with van der Waals surface area (Å²) < 4.78 is 27.8. The Bertz CT molecular complexity index is 1070. The molecule has 0 saturated heterocycles. The van der Waals surface area contributed by atoms with Crippen LogP contribution in [0.2, 0.25) is 0 Å². The van der Waals surface area contributed by atoms with E-state index in [0.29, 0.717) is 23.1 Å². The number of benzene rings is 1. The van der Waals surface area contributed by atoms with Crippen LogP contribution in [0.1, 0.15) is 16.7 Å². The molecule has 0 fully saturated rings. The first-order valence-corrected chi connectivity index (χ1v) is 10.7. The van der Waals surface area contributed by atoms with E-state index in [2.05, 4.69) is 30.5 Å². The Kier molecular flexibility index (Phi) is 6.40. The average Bonchev–Trinajstić information content (AvgIpc) is 2.70. The zero-order valence-electron chi connectivity index (χ0n) is 16.6. The summed E-state index contributed by atoms with van der Waals surface area (Å²) in [5, 5.41) is 14.3. The van der Waals surface area contributed by atoms with Crippen molar-refractivity contribution >= 4 is 27.3 Å². The predicted octanol–water partition coefficient (Wildman–Crippen LogP) is 2.93. The molecule has 8 nitrogen and oxygen atoms in total. The number of nitrogens with zero attached hydrogens (tertiary/aromatic N) is 3. The zero-order chi connectivity index (χ0) is 20.9. The highest BCUT2D eigenvalue weighted by molar-refractivity contribution is 7.89. The molecule has 0 saturated carbocycles. The smallest absolute Gasteiger partial charge is 0.240 e. The van der Waals surface area contributed by atoms with Gasteiger partial charge in [-0.25, -0.2) is 13.1 Å². The molecule has 0 spiro atoms. The van der Waals surface area contributed by atoms with Crippen molar-refractivity contribution in [1.29, 1.82) is 0 Å². The second-order valence-corrected chi connectivity index (χ2v) is 8.43. The Hall–Kier alpha value is -3.04. The van der Waals surface area contributed by atoms with Crippen LogP contribution < -0.4 is 15.4 Å². The molecule has 152 valence electrons. The summed E-state index contributed by atoms with van der Waals surface area (Å²) in [4.78, 5) is 4.34. The van der Waals surface area contributed by atoms with Crippen molar-refractivity contribution in [3.63, 3.8) is 0 Å². The van der Waals surface area contributed by atoms with Gasteiger partial charge in [0.1, 0.15) is 5.82 Å². The summed E-state index contributed by atoms with van der Waals surface area (Å²) in [5.41, 5.74) is 3.57. The maximum Gasteiger partial charge on any atom is 0.240 e. The molecule has 0 aliphatic rings. The molecule has 0 aliphatic carbocycles. The number of nitrogens with one attached hydrogen (secondary N) is 3. The van der Waals surface area contributed by atoms with Gasteiger partial charge in [0.2, 0.25) is 10.0 Å². The van der Waals surface area contributed by atoms with Gasteiger partial charge in [-0.1, -0.05) is 6.07 Å². The normalized spacial score (nSPS) is 11.3. The molecule has 2 heterocycles. The second kappa shape index (κ2) is 8.97. The fourth-order valence-electron chi connectivity index (χ4n) is 2.76. The van der Waals surface area contributed by atoms with Gasteiger partial charge in [-0.3, -0.25) is 4.98 Å². The molecule has 0 radical (unpaired) electrons. The Morgan fingerprint density at radius 3 is 2.31 bits per heavy atom. The monoisotopic (exact) mass is 412 g/mol. The van der Waals surface area contributed by atoms with Crippen LogP contribution in [0.3, 0.4) is 0 Å². The first kappa shape index (κ1) is 20.7. The van der Waals surface area contributed by atoms with Gasteiger partial charge in [0.25, 0.3) is 0 Å². The number of rotatable bonds is 8. The Balaban J connectivity index is 1.52. The lowest BCUT2D eigenvalue weighted by atomic mass is 10.1. The van der Waals surface area contributed by atoms with Crippen LogP contribution in [0.4, 0.5) is 17.3 Å². The Morgan fingerprint density at radius 1 is 0.897 bits per heavy atom. The standard InChI is InChI=1S/C20H24N6O2S/c1-14-11-16(3)18(12-15(14)2)29(27,28)23-10-9-22-19-6-7-20(26-25-19)24-17-5-4-8-21-13-17/h4-8,11-13,23H,9-10H2,1-3H3,(H,22,25)(H,24,26). The Labute approximate surface area is 170 Å². The minimum atomic E-state index is -3.57. The predicted molar refractivity (Wildman–Crippen MR) is 114 cm³/mol. The average molecular weight is 413 g/mol. The number of sulfonamides is 1. The van der Waals surface area contributed by atoms with Crippen molar-refractivity contribution in [2.24, 2.45) is 0 Å². The fourth-order valence-corrected chi connectivity index (χ4v) is 4.10. The summed E-state index contributed by atoms with van der Waals surface area (Å²) in [6.07, 6.45) is 3.39. The SMILES string of the molecule is Cc1cc(C)c(S(=O)(=O)NCCNc2ccc(Nc3cccnc3)nn2)cc1C. The highest BCUT2D eigenvalue weighted by Gasteiger charge is 2.17. The van der Waals surface area contributed by atoms with E-state index < -0.39 is 10.0 Å². The topological polar surface area (TPSA) is 109 Å². The van der Waals surface area contributed by atoms with E-state index in [1.807, 2.05) is 32.0 Å². The minimum Gasteiger partial charge on any atom is -0.367 e. The largest absolute Gasteiger partial charge is 0.367 e. The van der Waals surface area contributed by atoms with Crippen LogP contribution in [-0.2, 0) is 10.0 Å². The molecule has 3 N–H and O–H groups in total. The van der Waals surface area contributed by atoms with Crippen LogP contribution in [0.5, 0.6) is 0 Å². The van der Waals surface area contributed by atoms with Crippen molar-refractivity contribution in [3.05, 3.63) is 65.5 Å². The number of aryl methyl sites for hydroxylation is 3. The lowest BCUT2D eigenvalue weighted by Crippen LogP contribution is -2.29. The van der Waals surface area contributed by atoms with Crippen molar-refractivity contribution in [1.82, 2.24) is 19.9 Å². The van der Waals surface area contributed by atoms with Gasteiger partial charge in [0.15, 0.2) is 5.82 Å². The number of pyridine rings is 1. The quantitative estimate of drug-likeness (QED) is 0.488. The molecule has 3 aromatic rings. The zero-order valence-corrected chi connectivity index (χ0v) is 17.4. The summed E-state index contributed by atoms with van der Waals surface area (Å²) in [5.74, 6) is 1.15. The van der Waals surface area contributed by atoms with Gasteiger partial charge < -0.3 is 10.6 Å². The van der Waals surface area contributed by atoms with Crippen LogP contribution in [0, 0.1) is 20.8 Å².